The molecule has 1 amide bonds. The number of aliphatic hydroxyl groups is 1. The number of carbonyl (C=O) groups is 1. The number of nitrogens with one attached hydrogen (secondary N) is 1. The smallest absolute Gasteiger partial charge is 0.258 e. The number of aryl methyl sites for hydroxylation is 2. The van der Waals surface area contributed by atoms with Gasteiger partial charge in [-0.25, -0.2) is 4.98 Å². The van der Waals surface area contributed by atoms with Crippen LogP contribution in [0.5, 0.6) is 0 Å². The number of aromatic nitrogens is 1. The van der Waals surface area contributed by atoms with Crippen molar-refractivity contribution < 1.29 is 9.90 Å². The standard InChI is InChI=1S/C17H16N2O2/c1-12-5-6-15(14(10-12)4-3-9-20)17(21)19-16-11-13(2)7-8-18-16/h5-8,10-11,20H,9H2,1-2H3,(H,18,19,21). The highest BCUT2D eigenvalue weighted by Crippen LogP contribution is 2.14. The minimum atomic E-state index is -0.268. The lowest BCUT2D eigenvalue weighted by atomic mass is 10.0. The molecule has 1 aromatic heterocycles. The zero-order valence-corrected chi connectivity index (χ0v) is 12.0. The molecule has 0 saturated heterocycles. The molecule has 0 bridgehead atoms. The number of carbonyl (C=O) groups excluding carboxylic acids is 1. The molecule has 0 unspecified atom stereocenters. The second kappa shape index (κ2) is 6.69. The Labute approximate surface area is 123 Å². The molecule has 4 nitrogen and oxygen atoms in total. The van der Waals surface area contributed by atoms with Crippen LogP contribution in [0.25, 0.3) is 0 Å². The Bertz CT molecular complexity index is 727. The number of rotatable bonds is 2. The summed E-state index contributed by atoms with van der Waals surface area (Å²) < 4.78 is 0. The van der Waals surface area contributed by atoms with E-state index in [1.165, 1.54) is 0 Å². The van der Waals surface area contributed by atoms with Crippen LogP contribution in [0, 0.1) is 25.7 Å². The zero-order chi connectivity index (χ0) is 15.2. The number of aliphatic hydroxyl groups excluding tert-OH is 1. The van der Waals surface area contributed by atoms with Gasteiger partial charge in [-0.05, 0) is 49.2 Å². The largest absolute Gasteiger partial charge is 0.384 e. The summed E-state index contributed by atoms with van der Waals surface area (Å²) in [6.45, 7) is 3.61. The van der Waals surface area contributed by atoms with E-state index in [1.807, 2.05) is 32.0 Å². The topological polar surface area (TPSA) is 62.2 Å². The molecule has 21 heavy (non-hydrogen) atoms. The number of anilines is 1. The Morgan fingerprint density at radius 2 is 2.00 bits per heavy atom. The van der Waals surface area contributed by atoms with E-state index < -0.39 is 0 Å². The van der Waals surface area contributed by atoms with Gasteiger partial charge in [-0.1, -0.05) is 17.9 Å². The van der Waals surface area contributed by atoms with Crippen LogP contribution in [0.1, 0.15) is 27.0 Å². The predicted octanol–water partition coefficient (Wildman–Crippen LogP) is 2.29. The van der Waals surface area contributed by atoms with Gasteiger partial charge in [-0.15, -0.1) is 0 Å². The molecule has 1 aromatic carbocycles. The quantitative estimate of drug-likeness (QED) is 0.830. The van der Waals surface area contributed by atoms with E-state index >= 15 is 0 Å². The highest BCUT2D eigenvalue weighted by Gasteiger charge is 2.11. The molecule has 1 heterocycles. The lowest BCUT2D eigenvalue weighted by molar-refractivity contribution is 0.102. The molecule has 0 aliphatic heterocycles. The third-order valence-electron chi connectivity index (χ3n) is 2.88. The molecule has 0 spiro atoms. The summed E-state index contributed by atoms with van der Waals surface area (Å²) >= 11 is 0. The van der Waals surface area contributed by atoms with Crippen molar-refractivity contribution in [2.75, 3.05) is 11.9 Å². The number of hydrogen-bond donors (Lipinski definition) is 2. The van der Waals surface area contributed by atoms with Gasteiger partial charge in [0.1, 0.15) is 12.4 Å². The SMILES string of the molecule is Cc1ccnc(NC(=O)c2ccc(C)cc2C#CCO)c1. The first-order valence-corrected chi connectivity index (χ1v) is 6.54. The summed E-state index contributed by atoms with van der Waals surface area (Å²) in [5.41, 5.74) is 3.08. The van der Waals surface area contributed by atoms with Crippen molar-refractivity contribution in [3.05, 3.63) is 58.8 Å². The van der Waals surface area contributed by atoms with Gasteiger partial charge in [0.15, 0.2) is 0 Å². The van der Waals surface area contributed by atoms with Gasteiger partial charge >= 0.3 is 0 Å². The lowest BCUT2D eigenvalue weighted by Gasteiger charge is -2.07. The van der Waals surface area contributed by atoms with Gasteiger partial charge < -0.3 is 10.4 Å². The van der Waals surface area contributed by atoms with Crippen molar-refractivity contribution in [3.63, 3.8) is 0 Å². The predicted molar refractivity (Wildman–Crippen MR) is 82.1 cm³/mol. The van der Waals surface area contributed by atoms with E-state index in [2.05, 4.69) is 22.1 Å². The van der Waals surface area contributed by atoms with Crippen molar-refractivity contribution >= 4 is 11.7 Å². The van der Waals surface area contributed by atoms with Gasteiger partial charge in [0.25, 0.3) is 5.91 Å². The first kappa shape index (κ1) is 14.8. The number of pyridine rings is 1. The Hall–Kier alpha value is -2.64. The molecule has 0 atom stereocenters. The van der Waals surface area contributed by atoms with E-state index in [9.17, 15) is 4.79 Å². The summed E-state index contributed by atoms with van der Waals surface area (Å²) in [6.07, 6.45) is 1.65. The Morgan fingerprint density at radius 3 is 2.71 bits per heavy atom. The van der Waals surface area contributed by atoms with E-state index in [1.54, 1.807) is 18.3 Å². The van der Waals surface area contributed by atoms with Crippen molar-refractivity contribution in [2.24, 2.45) is 0 Å². The summed E-state index contributed by atoms with van der Waals surface area (Å²) in [4.78, 5) is 16.4. The van der Waals surface area contributed by atoms with Crippen LogP contribution in [-0.4, -0.2) is 22.6 Å². The van der Waals surface area contributed by atoms with Crippen molar-refractivity contribution in [2.45, 2.75) is 13.8 Å². The Morgan fingerprint density at radius 1 is 1.24 bits per heavy atom. The molecule has 0 radical (unpaired) electrons. The van der Waals surface area contributed by atoms with Crippen molar-refractivity contribution in [3.8, 4) is 11.8 Å². The summed E-state index contributed by atoms with van der Waals surface area (Å²) in [5.74, 6) is 5.60. The number of nitrogens with zero attached hydrogens (tertiary/aromatic N) is 1. The highest BCUT2D eigenvalue weighted by molar-refractivity contribution is 6.05. The monoisotopic (exact) mass is 280 g/mol. The fourth-order valence-corrected chi connectivity index (χ4v) is 1.88. The third-order valence-corrected chi connectivity index (χ3v) is 2.88. The minimum absolute atomic E-state index is 0.242. The maximum atomic E-state index is 12.3. The van der Waals surface area contributed by atoms with Gasteiger partial charge in [0.05, 0.1) is 5.56 Å². The average molecular weight is 280 g/mol. The van der Waals surface area contributed by atoms with Gasteiger partial charge in [0, 0.05) is 11.8 Å². The van der Waals surface area contributed by atoms with Crippen LogP contribution >= 0.6 is 0 Å². The van der Waals surface area contributed by atoms with Crippen LogP contribution in [-0.2, 0) is 0 Å². The molecule has 0 saturated carbocycles. The van der Waals surface area contributed by atoms with Crippen LogP contribution in [0.3, 0.4) is 0 Å². The summed E-state index contributed by atoms with van der Waals surface area (Å²) in [6, 6.07) is 9.05. The lowest BCUT2D eigenvalue weighted by Crippen LogP contribution is -2.14. The highest BCUT2D eigenvalue weighted by atomic mass is 16.2. The molecule has 2 aromatic rings. The first-order chi connectivity index (χ1) is 10.1. The van der Waals surface area contributed by atoms with Gasteiger partial charge in [0.2, 0.25) is 0 Å². The molecule has 4 heteroatoms. The van der Waals surface area contributed by atoms with E-state index in [0.717, 1.165) is 11.1 Å². The minimum Gasteiger partial charge on any atom is -0.384 e. The van der Waals surface area contributed by atoms with Crippen molar-refractivity contribution in [1.82, 2.24) is 4.98 Å². The molecule has 2 rings (SSSR count). The number of amides is 1. The molecule has 0 fully saturated rings. The summed E-state index contributed by atoms with van der Waals surface area (Å²) in [5, 5.41) is 11.6. The maximum absolute atomic E-state index is 12.3. The second-order valence-electron chi connectivity index (χ2n) is 4.68. The maximum Gasteiger partial charge on any atom is 0.258 e. The fourth-order valence-electron chi connectivity index (χ4n) is 1.88. The van der Waals surface area contributed by atoms with Gasteiger partial charge in [-0.2, -0.15) is 0 Å². The zero-order valence-electron chi connectivity index (χ0n) is 12.0. The summed E-state index contributed by atoms with van der Waals surface area (Å²) in [7, 11) is 0. The molecule has 106 valence electrons. The van der Waals surface area contributed by atoms with E-state index in [0.29, 0.717) is 16.9 Å². The molecule has 2 N–H and O–H groups in total. The van der Waals surface area contributed by atoms with Crippen LogP contribution < -0.4 is 5.32 Å². The van der Waals surface area contributed by atoms with E-state index in [-0.39, 0.29) is 12.5 Å². The molecular weight excluding hydrogens is 264 g/mol. The number of hydrogen-bond acceptors (Lipinski definition) is 3. The average Bonchev–Trinajstić information content (AvgIpc) is 2.45. The van der Waals surface area contributed by atoms with Crippen LogP contribution in [0.15, 0.2) is 36.5 Å². The van der Waals surface area contributed by atoms with Crippen molar-refractivity contribution in [1.29, 1.82) is 0 Å². The molecule has 0 aliphatic carbocycles. The second-order valence-corrected chi connectivity index (χ2v) is 4.68. The fraction of sp³-hybridized carbons (Fsp3) is 0.176. The van der Waals surface area contributed by atoms with Gasteiger partial charge in [-0.3, -0.25) is 4.79 Å². The van der Waals surface area contributed by atoms with Crippen LogP contribution in [0.2, 0.25) is 0 Å². The number of benzene rings is 1. The first-order valence-electron chi connectivity index (χ1n) is 6.54. The molecular formula is C17H16N2O2. The Kier molecular flexibility index (Phi) is 4.70. The Balaban J connectivity index is 2.30. The third kappa shape index (κ3) is 3.91. The van der Waals surface area contributed by atoms with E-state index in [4.69, 9.17) is 5.11 Å². The van der Waals surface area contributed by atoms with Crippen LogP contribution in [0.4, 0.5) is 5.82 Å². The molecule has 0 aliphatic rings. The normalized spacial score (nSPS) is 9.67.